The van der Waals surface area contributed by atoms with Gasteiger partial charge < -0.3 is 5.32 Å². The second kappa shape index (κ2) is 8.60. The number of carbonyl (C=O) groups excluding carboxylic acids is 1. The van der Waals surface area contributed by atoms with E-state index in [1.54, 1.807) is 0 Å². The molecule has 0 radical (unpaired) electrons. The zero-order valence-corrected chi connectivity index (χ0v) is 13.6. The number of amides is 1. The number of hydrogen-bond acceptors (Lipinski definition) is 1. The summed E-state index contributed by atoms with van der Waals surface area (Å²) in [5.41, 5.74) is 2.39. The van der Waals surface area contributed by atoms with Crippen molar-refractivity contribution in [3.63, 3.8) is 0 Å². The van der Waals surface area contributed by atoms with Gasteiger partial charge in [-0.3, -0.25) is 4.79 Å². The predicted molar refractivity (Wildman–Crippen MR) is 93.0 cm³/mol. The molecule has 0 bridgehead atoms. The molecule has 1 amide bonds. The summed E-state index contributed by atoms with van der Waals surface area (Å²) in [6, 6.07) is 7.58. The molecule has 1 aliphatic rings. The summed E-state index contributed by atoms with van der Waals surface area (Å²) >= 11 is 5.84. The van der Waals surface area contributed by atoms with Gasteiger partial charge in [0.25, 0.3) is 0 Å². The molecule has 0 saturated carbocycles. The maximum atomic E-state index is 12.0. The normalized spacial score (nSPS) is 15.1. The average Bonchev–Trinajstić information content (AvgIpc) is 2.76. The van der Waals surface area contributed by atoms with Crippen LogP contribution < -0.4 is 5.32 Å². The van der Waals surface area contributed by atoms with Crippen molar-refractivity contribution in [2.75, 3.05) is 0 Å². The van der Waals surface area contributed by atoms with Crippen molar-refractivity contribution in [2.24, 2.45) is 0 Å². The Kier molecular flexibility index (Phi) is 6.47. The summed E-state index contributed by atoms with van der Waals surface area (Å²) in [6.07, 6.45) is 13.9. The number of nitrogens with one attached hydrogen (secondary N) is 1. The monoisotopic (exact) mass is 315 g/mol. The molecule has 1 N–H and O–H groups in total. The summed E-state index contributed by atoms with van der Waals surface area (Å²) in [4.78, 5) is 12.0. The van der Waals surface area contributed by atoms with Crippen LogP contribution in [0.5, 0.6) is 0 Å². The van der Waals surface area contributed by atoms with Gasteiger partial charge in [0.05, 0.1) is 6.42 Å². The van der Waals surface area contributed by atoms with Gasteiger partial charge >= 0.3 is 0 Å². The Balaban J connectivity index is 1.74. The second-order valence-corrected chi connectivity index (χ2v) is 6.09. The Morgan fingerprint density at radius 1 is 1.23 bits per heavy atom. The zero-order chi connectivity index (χ0) is 15.8. The second-order valence-electron chi connectivity index (χ2n) is 5.65. The van der Waals surface area contributed by atoms with Crippen LogP contribution in [0.25, 0.3) is 0 Å². The summed E-state index contributed by atoms with van der Waals surface area (Å²) in [7, 11) is 0. The van der Waals surface area contributed by atoms with Crippen molar-refractivity contribution >= 4 is 17.5 Å². The number of allylic oxidation sites excluding steroid dienone is 6. The SMILES string of the molecule is CC(CCC1=CC=CC=CC1)NC(=O)Cc1ccc(Cl)cc1. The molecule has 2 nitrogen and oxygen atoms in total. The van der Waals surface area contributed by atoms with Crippen LogP contribution in [0.3, 0.4) is 0 Å². The molecule has 3 heteroatoms. The largest absolute Gasteiger partial charge is 0.353 e. The van der Waals surface area contributed by atoms with Crippen molar-refractivity contribution < 1.29 is 4.79 Å². The van der Waals surface area contributed by atoms with Crippen molar-refractivity contribution in [1.29, 1.82) is 0 Å². The zero-order valence-electron chi connectivity index (χ0n) is 12.9. The maximum Gasteiger partial charge on any atom is 0.224 e. The lowest BCUT2D eigenvalue weighted by Gasteiger charge is -2.14. The predicted octanol–water partition coefficient (Wildman–Crippen LogP) is 4.61. The van der Waals surface area contributed by atoms with Gasteiger partial charge in [-0.25, -0.2) is 0 Å². The summed E-state index contributed by atoms with van der Waals surface area (Å²) in [6.45, 7) is 2.06. The first-order valence-corrected chi connectivity index (χ1v) is 8.06. The number of carbonyl (C=O) groups is 1. The average molecular weight is 316 g/mol. The van der Waals surface area contributed by atoms with Crippen LogP contribution in [-0.4, -0.2) is 11.9 Å². The first-order valence-electron chi connectivity index (χ1n) is 7.68. The van der Waals surface area contributed by atoms with Gasteiger partial charge in [-0.05, 0) is 43.9 Å². The van der Waals surface area contributed by atoms with E-state index < -0.39 is 0 Å². The van der Waals surface area contributed by atoms with E-state index in [2.05, 4.69) is 36.5 Å². The minimum absolute atomic E-state index is 0.0597. The molecule has 0 heterocycles. The van der Waals surface area contributed by atoms with Gasteiger partial charge in [0, 0.05) is 11.1 Å². The quantitative estimate of drug-likeness (QED) is 0.816. The Bertz CT molecular complexity index is 584. The topological polar surface area (TPSA) is 29.1 Å². The van der Waals surface area contributed by atoms with Crippen LogP contribution in [0.2, 0.25) is 5.02 Å². The fourth-order valence-corrected chi connectivity index (χ4v) is 2.52. The summed E-state index contributed by atoms with van der Waals surface area (Å²) in [5, 5.41) is 3.75. The molecule has 0 saturated heterocycles. The summed E-state index contributed by atoms with van der Waals surface area (Å²) in [5.74, 6) is 0.0597. The van der Waals surface area contributed by atoms with Gasteiger partial charge in [0.2, 0.25) is 5.91 Å². The first kappa shape index (κ1) is 16.6. The Morgan fingerprint density at radius 3 is 2.77 bits per heavy atom. The Morgan fingerprint density at radius 2 is 2.00 bits per heavy atom. The highest BCUT2D eigenvalue weighted by molar-refractivity contribution is 6.30. The standard InChI is InChI=1S/C19H22ClNO/c1-15(8-9-16-6-4-2-3-5-7-16)21-19(22)14-17-10-12-18(20)13-11-17/h2-6,10-13,15H,7-9,14H2,1H3,(H,21,22). The van der Waals surface area contributed by atoms with Crippen LogP contribution >= 0.6 is 11.6 Å². The van der Waals surface area contributed by atoms with E-state index >= 15 is 0 Å². The Hall–Kier alpha value is -1.80. The van der Waals surface area contributed by atoms with Gasteiger partial charge in [0.15, 0.2) is 0 Å². The third-order valence-corrected chi connectivity index (χ3v) is 3.91. The molecular formula is C19H22ClNO. The smallest absolute Gasteiger partial charge is 0.224 e. The maximum absolute atomic E-state index is 12.0. The van der Waals surface area contributed by atoms with Gasteiger partial charge in [-0.1, -0.05) is 59.7 Å². The minimum atomic E-state index is 0.0597. The van der Waals surface area contributed by atoms with Crippen LogP contribution in [0.4, 0.5) is 0 Å². The highest BCUT2D eigenvalue weighted by Crippen LogP contribution is 2.15. The molecule has 2 rings (SSSR count). The van der Waals surface area contributed by atoms with Crippen LogP contribution in [-0.2, 0) is 11.2 Å². The van der Waals surface area contributed by atoms with E-state index in [9.17, 15) is 4.79 Å². The first-order chi connectivity index (χ1) is 10.6. The highest BCUT2D eigenvalue weighted by Gasteiger charge is 2.09. The number of halogens is 1. The fourth-order valence-electron chi connectivity index (χ4n) is 2.39. The molecular weight excluding hydrogens is 294 g/mol. The van der Waals surface area contributed by atoms with Crippen molar-refractivity contribution in [2.45, 2.75) is 38.6 Å². The molecule has 1 aromatic rings. The molecule has 1 atom stereocenters. The number of rotatable bonds is 6. The van der Waals surface area contributed by atoms with E-state index in [1.165, 1.54) is 5.57 Å². The van der Waals surface area contributed by atoms with Crippen LogP contribution in [0.1, 0.15) is 31.7 Å². The lowest BCUT2D eigenvalue weighted by atomic mass is 10.0. The fraction of sp³-hybridized carbons (Fsp3) is 0.316. The van der Waals surface area contributed by atoms with E-state index in [-0.39, 0.29) is 11.9 Å². The van der Waals surface area contributed by atoms with E-state index in [0.717, 1.165) is 24.8 Å². The molecule has 1 aliphatic carbocycles. The van der Waals surface area contributed by atoms with Crippen molar-refractivity contribution in [3.05, 3.63) is 70.8 Å². The van der Waals surface area contributed by atoms with Gasteiger partial charge in [0.1, 0.15) is 0 Å². The number of hydrogen-bond donors (Lipinski definition) is 1. The molecule has 0 aromatic heterocycles. The number of benzene rings is 1. The van der Waals surface area contributed by atoms with Crippen molar-refractivity contribution in [1.82, 2.24) is 5.32 Å². The van der Waals surface area contributed by atoms with E-state index in [4.69, 9.17) is 11.6 Å². The molecule has 22 heavy (non-hydrogen) atoms. The summed E-state index contributed by atoms with van der Waals surface area (Å²) < 4.78 is 0. The molecule has 0 aliphatic heterocycles. The van der Waals surface area contributed by atoms with Gasteiger partial charge in [-0.2, -0.15) is 0 Å². The Labute approximate surface area is 137 Å². The molecule has 1 aromatic carbocycles. The highest BCUT2D eigenvalue weighted by atomic mass is 35.5. The molecule has 0 fully saturated rings. The third kappa shape index (κ3) is 5.90. The lowest BCUT2D eigenvalue weighted by Crippen LogP contribution is -2.33. The van der Waals surface area contributed by atoms with E-state index in [1.807, 2.05) is 30.3 Å². The van der Waals surface area contributed by atoms with Crippen molar-refractivity contribution in [3.8, 4) is 0 Å². The minimum Gasteiger partial charge on any atom is -0.353 e. The van der Waals surface area contributed by atoms with Crippen LogP contribution in [0.15, 0.2) is 60.2 Å². The third-order valence-electron chi connectivity index (χ3n) is 3.65. The van der Waals surface area contributed by atoms with Crippen LogP contribution in [0, 0.1) is 0 Å². The lowest BCUT2D eigenvalue weighted by molar-refractivity contribution is -0.121. The molecule has 1 unspecified atom stereocenters. The molecule has 116 valence electrons. The molecule has 0 spiro atoms. The van der Waals surface area contributed by atoms with Gasteiger partial charge in [-0.15, -0.1) is 0 Å². The van der Waals surface area contributed by atoms with E-state index in [0.29, 0.717) is 11.4 Å².